The van der Waals surface area contributed by atoms with E-state index < -0.39 is 0 Å². The van der Waals surface area contributed by atoms with Crippen molar-refractivity contribution in [1.82, 2.24) is 16.4 Å². The molecule has 0 aromatic rings. The van der Waals surface area contributed by atoms with E-state index in [0.29, 0.717) is 0 Å². The third kappa shape index (κ3) is 7.88. The first kappa shape index (κ1) is 9.88. The maximum absolute atomic E-state index is 3.06. The van der Waals surface area contributed by atoms with Crippen LogP contribution < -0.4 is 16.4 Å². The van der Waals surface area contributed by atoms with E-state index in [4.69, 9.17) is 0 Å². The minimum atomic E-state index is 0.774. The smallest absolute Gasteiger partial charge is 0.0115 e. The van der Waals surface area contributed by atoms with Crippen molar-refractivity contribution in [1.29, 1.82) is 0 Å². The van der Waals surface area contributed by atoms with Crippen LogP contribution in [0.3, 0.4) is 0 Å². The van der Waals surface area contributed by atoms with E-state index in [1.165, 1.54) is 6.42 Å². The summed E-state index contributed by atoms with van der Waals surface area (Å²) in [6.07, 6.45) is 1.21. The van der Waals surface area contributed by atoms with E-state index in [-0.39, 0.29) is 0 Å². The molecule has 0 spiro atoms. The summed E-state index contributed by atoms with van der Waals surface area (Å²) in [6.45, 7) is 8.44. The molecule has 3 nitrogen and oxygen atoms in total. The molecule has 0 unspecified atom stereocenters. The van der Waals surface area contributed by atoms with Crippen LogP contribution in [0, 0.1) is 5.92 Å². The zero-order valence-electron chi connectivity index (χ0n) is 7.20. The highest BCUT2D eigenvalue weighted by atomic mass is 15.6. The largest absolute Gasteiger partial charge is 0.245 e. The van der Waals surface area contributed by atoms with Crippen LogP contribution in [0.25, 0.3) is 0 Å². The fraction of sp³-hybridized carbons (Fsp3) is 1.00. The first-order valence-electron chi connectivity index (χ1n) is 3.98. The lowest BCUT2D eigenvalue weighted by atomic mass is 10.1. The van der Waals surface area contributed by atoms with Gasteiger partial charge in [0.15, 0.2) is 0 Å². The topological polar surface area (TPSA) is 36.1 Å². The Hall–Kier alpha value is -0.120. The van der Waals surface area contributed by atoms with Gasteiger partial charge in [-0.1, -0.05) is 20.8 Å². The highest BCUT2D eigenvalue weighted by molar-refractivity contribution is 4.45. The molecule has 0 radical (unpaired) electrons. The molecule has 0 saturated carbocycles. The summed E-state index contributed by atoms with van der Waals surface area (Å²) in [7, 11) is 0. The molecule has 10 heavy (non-hydrogen) atoms. The number of hydrazine groups is 2. The molecule has 0 saturated heterocycles. The standard InChI is InChI=1S/C7H19N3/c1-4-8-10-9-6-5-7(2)3/h7-10H,4-6H2,1-3H3. The van der Waals surface area contributed by atoms with Gasteiger partial charge in [-0.05, 0) is 12.3 Å². The van der Waals surface area contributed by atoms with Crippen LogP contribution in [0.2, 0.25) is 0 Å². The van der Waals surface area contributed by atoms with Gasteiger partial charge in [-0.15, -0.1) is 0 Å². The summed E-state index contributed by atoms with van der Waals surface area (Å²) in [5, 5.41) is 0. The second-order valence-electron chi connectivity index (χ2n) is 2.76. The van der Waals surface area contributed by atoms with Crippen LogP contribution in [-0.4, -0.2) is 13.1 Å². The average Bonchev–Trinajstić information content (AvgIpc) is 1.87. The summed E-state index contributed by atoms with van der Waals surface area (Å²) >= 11 is 0. The van der Waals surface area contributed by atoms with Gasteiger partial charge in [-0.2, -0.15) is 5.53 Å². The third-order valence-corrected chi connectivity index (χ3v) is 1.20. The number of hydrogen-bond acceptors (Lipinski definition) is 3. The first-order chi connectivity index (χ1) is 4.77. The van der Waals surface area contributed by atoms with Crippen molar-refractivity contribution in [2.24, 2.45) is 5.92 Å². The molecule has 62 valence electrons. The van der Waals surface area contributed by atoms with E-state index in [0.717, 1.165) is 19.0 Å². The van der Waals surface area contributed by atoms with Crippen molar-refractivity contribution in [3.63, 3.8) is 0 Å². The van der Waals surface area contributed by atoms with Crippen molar-refractivity contribution in [3.05, 3.63) is 0 Å². The Bertz CT molecular complexity index is 63.9. The zero-order valence-corrected chi connectivity index (χ0v) is 7.20. The lowest BCUT2D eigenvalue weighted by Crippen LogP contribution is -2.43. The number of nitrogens with one attached hydrogen (secondary N) is 3. The van der Waals surface area contributed by atoms with Crippen LogP contribution >= 0.6 is 0 Å². The van der Waals surface area contributed by atoms with Gasteiger partial charge in [0.1, 0.15) is 0 Å². The molecule has 0 aliphatic carbocycles. The Morgan fingerprint density at radius 3 is 2.40 bits per heavy atom. The van der Waals surface area contributed by atoms with Crippen LogP contribution in [0.1, 0.15) is 27.2 Å². The Morgan fingerprint density at radius 1 is 1.20 bits per heavy atom. The second kappa shape index (κ2) is 6.99. The Morgan fingerprint density at radius 2 is 1.90 bits per heavy atom. The molecule has 0 aliphatic rings. The predicted octanol–water partition coefficient (Wildman–Crippen LogP) is 0.651. The van der Waals surface area contributed by atoms with E-state index >= 15 is 0 Å². The van der Waals surface area contributed by atoms with Crippen molar-refractivity contribution in [2.45, 2.75) is 27.2 Å². The summed E-state index contributed by atoms with van der Waals surface area (Å²) in [4.78, 5) is 0. The molecule has 0 amide bonds. The Balaban J connectivity index is 2.77. The molecule has 0 fully saturated rings. The van der Waals surface area contributed by atoms with E-state index in [1.54, 1.807) is 0 Å². The quantitative estimate of drug-likeness (QED) is 0.379. The molecule has 0 heterocycles. The summed E-state index contributed by atoms with van der Waals surface area (Å²) < 4.78 is 0. The molecule has 3 heteroatoms. The third-order valence-electron chi connectivity index (χ3n) is 1.20. The van der Waals surface area contributed by atoms with Crippen LogP contribution in [0.5, 0.6) is 0 Å². The molecular weight excluding hydrogens is 126 g/mol. The normalized spacial score (nSPS) is 10.8. The average molecular weight is 145 g/mol. The van der Waals surface area contributed by atoms with Gasteiger partial charge >= 0.3 is 0 Å². The SMILES string of the molecule is CCNNNCCC(C)C. The summed E-state index contributed by atoms with van der Waals surface area (Å²) in [6, 6.07) is 0. The number of hydrogen-bond donors (Lipinski definition) is 3. The van der Waals surface area contributed by atoms with Gasteiger partial charge in [-0.25, -0.2) is 10.9 Å². The highest BCUT2D eigenvalue weighted by Crippen LogP contribution is 1.94. The number of rotatable bonds is 6. The summed E-state index contributed by atoms with van der Waals surface area (Å²) in [5.41, 5.74) is 8.91. The van der Waals surface area contributed by atoms with Crippen LogP contribution in [0.15, 0.2) is 0 Å². The van der Waals surface area contributed by atoms with Crippen molar-refractivity contribution in [3.8, 4) is 0 Å². The van der Waals surface area contributed by atoms with Gasteiger partial charge in [0.25, 0.3) is 0 Å². The fourth-order valence-corrected chi connectivity index (χ4v) is 0.574. The molecule has 0 aromatic carbocycles. The fourth-order valence-electron chi connectivity index (χ4n) is 0.574. The lowest BCUT2D eigenvalue weighted by molar-refractivity contribution is 0.418. The van der Waals surface area contributed by atoms with Crippen LogP contribution in [0.4, 0.5) is 0 Å². The Labute approximate surface area is 63.5 Å². The minimum Gasteiger partial charge on any atom is -0.245 e. The van der Waals surface area contributed by atoms with Gasteiger partial charge in [0.05, 0.1) is 0 Å². The van der Waals surface area contributed by atoms with Crippen LogP contribution in [-0.2, 0) is 0 Å². The van der Waals surface area contributed by atoms with E-state index in [2.05, 4.69) is 37.2 Å². The molecule has 0 aliphatic heterocycles. The van der Waals surface area contributed by atoms with Gasteiger partial charge in [0.2, 0.25) is 0 Å². The second-order valence-corrected chi connectivity index (χ2v) is 2.76. The van der Waals surface area contributed by atoms with Crippen molar-refractivity contribution in [2.75, 3.05) is 13.1 Å². The van der Waals surface area contributed by atoms with E-state index in [9.17, 15) is 0 Å². The molecular formula is C7H19N3. The van der Waals surface area contributed by atoms with Gasteiger partial charge < -0.3 is 0 Å². The molecule has 0 aromatic heterocycles. The highest BCUT2D eigenvalue weighted by Gasteiger charge is 1.90. The first-order valence-corrected chi connectivity index (χ1v) is 3.98. The predicted molar refractivity (Wildman–Crippen MR) is 44.3 cm³/mol. The van der Waals surface area contributed by atoms with E-state index in [1.807, 2.05) is 0 Å². The molecule has 0 rings (SSSR count). The van der Waals surface area contributed by atoms with Crippen molar-refractivity contribution < 1.29 is 0 Å². The molecule has 0 atom stereocenters. The maximum Gasteiger partial charge on any atom is 0.0115 e. The lowest BCUT2D eigenvalue weighted by Gasteiger charge is -2.07. The molecule has 0 bridgehead atoms. The maximum atomic E-state index is 3.06. The molecule has 3 N–H and O–H groups in total. The minimum absolute atomic E-state index is 0.774. The summed E-state index contributed by atoms with van der Waals surface area (Å²) in [5.74, 6) is 0.774. The van der Waals surface area contributed by atoms with Crippen molar-refractivity contribution >= 4 is 0 Å². The van der Waals surface area contributed by atoms with Gasteiger partial charge in [0, 0.05) is 13.1 Å². The Kier molecular flexibility index (Phi) is 6.91. The monoisotopic (exact) mass is 145 g/mol. The van der Waals surface area contributed by atoms with Gasteiger partial charge in [-0.3, -0.25) is 0 Å². The zero-order chi connectivity index (χ0) is 7.82.